The molecule has 0 fully saturated rings. The Hall–Kier alpha value is -3.22. The number of hydrogen-bond donors (Lipinski definition) is 2. The van der Waals surface area contributed by atoms with Crippen LogP contribution in [0.4, 0.5) is 0 Å². The van der Waals surface area contributed by atoms with Crippen molar-refractivity contribution in [2.45, 2.75) is 13.5 Å². The first-order valence-corrected chi connectivity index (χ1v) is 7.91. The number of aryl methyl sites for hydroxylation is 1. The number of aromatic amines is 1. The standard InChI is InChI=1S/C18H21N5O2/c1-5-23-10-12(9-20-23)14-7-13(11(2)6-16(14)25-4)17-15(8-19)22(3)18(24)21-17/h6-10H,2,5,19H2,1,3-4H3,(H,21,24)/b15-8+,17-13+. The monoisotopic (exact) mass is 339 g/mol. The van der Waals surface area contributed by atoms with Crippen molar-refractivity contribution >= 4 is 12.8 Å². The van der Waals surface area contributed by atoms with Gasteiger partial charge in [0.1, 0.15) is 5.75 Å². The van der Waals surface area contributed by atoms with Crippen LogP contribution in [0.25, 0.3) is 23.9 Å². The number of methoxy groups -OCH3 is 1. The Kier molecular flexibility index (Phi) is 4.22. The van der Waals surface area contributed by atoms with E-state index in [4.69, 9.17) is 10.5 Å². The highest BCUT2D eigenvalue weighted by Crippen LogP contribution is 2.28. The molecule has 0 atom stereocenters. The van der Waals surface area contributed by atoms with E-state index in [2.05, 4.69) is 16.7 Å². The minimum Gasteiger partial charge on any atom is -0.496 e. The number of nitrogens with one attached hydrogen (secondary N) is 1. The number of aromatic nitrogens is 4. The van der Waals surface area contributed by atoms with Crippen LogP contribution >= 0.6 is 0 Å². The van der Waals surface area contributed by atoms with E-state index in [-0.39, 0.29) is 5.69 Å². The molecule has 3 N–H and O–H groups in total. The van der Waals surface area contributed by atoms with Gasteiger partial charge in [-0.3, -0.25) is 9.25 Å². The molecule has 0 saturated carbocycles. The number of ether oxygens (including phenoxy) is 1. The normalized spacial score (nSPS) is 13.3. The van der Waals surface area contributed by atoms with Crippen LogP contribution < -0.4 is 26.7 Å². The van der Waals surface area contributed by atoms with Crippen LogP contribution in [-0.4, -0.2) is 26.4 Å². The summed E-state index contributed by atoms with van der Waals surface area (Å²) in [6.07, 6.45) is 5.15. The van der Waals surface area contributed by atoms with Gasteiger partial charge in [0.15, 0.2) is 0 Å². The summed E-state index contributed by atoms with van der Waals surface area (Å²) in [5.41, 5.74) is 7.28. The molecule has 7 heteroatoms. The minimum atomic E-state index is -0.234. The molecule has 0 saturated heterocycles. The summed E-state index contributed by atoms with van der Waals surface area (Å²) >= 11 is 0. The fourth-order valence-electron chi connectivity index (χ4n) is 2.86. The van der Waals surface area contributed by atoms with Crippen LogP contribution in [0.2, 0.25) is 0 Å². The highest BCUT2D eigenvalue weighted by atomic mass is 16.5. The SMILES string of the molecule is C=c1cc(OC)c(-c2cnn(CC)c2)c/c1=c1\[nH]c(=O)n(C)\c1=C\N. The molecule has 0 spiro atoms. The third-order valence-electron chi connectivity index (χ3n) is 4.27. The zero-order valence-corrected chi connectivity index (χ0v) is 14.5. The highest BCUT2D eigenvalue weighted by Gasteiger charge is 2.10. The van der Waals surface area contributed by atoms with E-state index in [9.17, 15) is 4.79 Å². The number of imidazole rings is 1. The smallest absolute Gasteiger partial charge is 0.326 e. The van der Waals surface area contributed by atoms with Gasteiger partial charge in [0.2, 0.25) is 0 Å². The second kappa shape index (κ2) is 6.35. The van der Waals surface area contributed by atoms with Gasteiger partial charge in [0.05, 0.1) is 24.0 Å². The molecule has 3 rings (SSSR count). The molecule has 0 aliphatic heterocycles. The fraction of sp³-hybridized carbons (Fsp3) is 0.222. The summed E-state index contributed by atoms with van der Waals surface area (Å²) < 4.78 is 8.82. The molecule has 0 aliphatic rings. The molecular formula is C18H21N5O2. The molecule has 130 valence electrons. The maximum Gasteiger partial charge on any atom is 0.326 e. The lowest BCUT2D eigenvalue weighted by Crippen LogP contribution is -2.24. The molecule has 2 aromatic heterocycles. The van der Waals surface area contributed by atoms with Gasteiger partial charge in [0.25, 0.3) is 0 Å². The zero-order valence-electron chi connectivity index (χ0n) is 14.5. The van der Waals surface area contributed by atoms with Gasteiger partial charge in [-0.25, -0.2) is 4.79 Å². The number of benzene rings is 1. The average Bonchev–Trinajstić information content (AvgIpc) is 3.19. The minimum absolute atomic E-state index is 0.234. The van der Waals surface area contributed by atoms with E-state index >= 15 is 0 Å². The lowest BCUT2D eigenvalue weighted by molar-refractivity contribution is 0.416. The quantitative estimate of drug-likeness (QED) is 0.703. The maximum atomic E-state index is 12.0. The third kappa shape index (κ3) is 2.73. The van der Waals surface area contributed by atoms with Gasteiger partial charge >= 0.3 is 5.69 Å². The summed E-state index contributed by atoms with van der Waals surface area (Å²) in [7, 11) is 3.28. The Balaban J connectivity index is 2.48. The van der Waals surface area contributed by atoms with Gasteiger partial charge in [0, 0.05) is 42.3 Å². The Morgan fingerprint density at radius 3 is 2.80 bits per heavy atom. The Bertz CT molecular complexity index is 1180. The first-order chi connectivity index (χ1) is 12.0. The van der Waals surface area contributed by atoms with Crippen molar-refractivity contribution in [2.24, 2.45) is 12.8 Å². The Labute approximate surface area is 144 Å². The molecule has 7 nitrogen and oxygen atoms in total. The van der Waals surface area contributed by atoms with E-state index in [1.54, 1.807) is 20.4 Å². The lowest BCUT2D eigenvalue weighted by Gasteiger charge is -2.07. The van der Waals surface area contributed by atoms with Gasteiger partial charge in [-0.15, -0.1) is 0 Å². The van der Waals surface area contributed by atoms with Crippen molar-refractivity contribution in [2.75, 3.05) is 7.11 Å². The second-order valence-electron chi connectivity index (χ2n) is 5.71. The van der Waals surface area contributed by atoms with Crippen molar-refractivity contribution in [1.29, 1.82) is 0 Å². The van der Waals surface area contributed by atoms with Gasteiger partial charge in [-0.1, -0.05) is 6.58 Å². The molecule has 0 radical (unpaired) electrons. The number of nitrogens with zero attached hydrogens (tertiary/aromatic N) is 3. The molecule has 2 heterocycles. The van der Waals surface area contributed by atoms with E-state index in [0.29, 0.717) is 16.4 Å². The molecule has 0 aliphatic carbocycles. The van der Waals surface area contributed by atoms with Crippen molar-refractivity contribution in [1.82, 2.24) is 19.3 Å². The summed E-state index contributed by atoms with van der Waals surface area (Å²) in [6.45, 7) is 6.89. The summed E-state index contributed by atoms with van der Waals surface area (Å²) in [5, 5.41) is 7.08. The number of nitrogens with two attached hydrogens (primary N) is 1. The van der Waals surface area contributed by atoms with Crippen LogP contribution in [0.1, 0.15) is 6.92 Å². The van der Waals surface area contributed by atoms with E-state index in [1.807, 2.05) is 29.9 Å². The first kappa shape index (κ1) is 16.6. The number of H-pyrrole nitrogens is 1. The predicted octanol–water partition coefficient (Wildman–Crippen LogP) is -0.000620. The number of hydrogen-bond acceptors (Lipinski definition) is 4. The molecule has 3 aromatic rings. The third-order valence-corrected chi connectivity index (χ3v) is 4.27. The Morgan fingerprint density at radius 1 is 1.44 bits per heavy atom. The van der Waals surface area contributed by atoms with E-state index < -0.39 is 0 Å². The van der Waals surface area contributed by atoms with Gasteiger partial charge in [-0.2, -0.15) is 5.10 Å². The number of rotatable bonds is 3. The summed E-state index contributed by atoms with van der Waals surface area (Å²) in [6, 6.07) is 3.79. The predicted molar refractivity (Wildman–Crippen MR) is 97.0 cm³/mol. The van der Waals surface area contributed by atoms with Crippen LogP contribution in [0.3, 0.4) is 0 Å². The van der Waals surface area contributed by atoms with Crippen LogP contribution in [0.5, 0.6) is 5.75 Å². The second-order valence-corrected chi connectivity index (χ2v) is 5.71. The van der Waals surface area contributed by atoms with E-state index in [0.717, 1.165) is 28.1 Å². The first-order valence-electron chi connectivity index (χ1n) is 7.91. The molecule has 0 unspecified atom stereocenters. The zero-order chi connectivity index (χ0) is 18.1. The molecule has 0 amide bonds. The summed E-state index contributed by atoms with van der Waals surface area (Å²) in [5.74, 6) is 0.695. The van der Waals surface area contributed by atoms with Crippen molar-refractivity contribution in [3.8, 4) is 16.9 Å². The van der Waals surface area contributed by atoms with Crippen LogP contribution in [0.15, 0.2) is 29.3 Å². The van der Waals surface area contributed by atoms with Crippen LogP contribution in [0, 0.1) is 10.6 Å². The van der Waals surface area contributed by atoms with E-state index in [1.165, 1.54) is 10.8 Å². The molecular weight excluding hydrogens is 318 g/mol. The fourth-order valence-corrected chi connectivity index (χ4v) is 2.86. The van der Waals surface area contributed by atoms with Crippen molar-refractivity contribution < 1.29 is 4.74 Å². The van der Waals surface area contributed by atoms with Crippen molar-refractivity contribution in [3.05, 3.63) is 56.1 Å². The van der Waals surface area contributed by atoms with Crippen molar-refractivity contribution in [3.63, 3.8) is 0 Å². The molecule has 25 heavy (non-hydrogen) atoms. The van der Waals surface area contributed by atoms with Gasteiger partial charge in [-0.05, 0) is 24.3 Å². The summed E-state index contributed by atoms with van der Waals surface area (Å²) in [4.78, 5) is 14.8. The van der Waals surface area contributed by atoms with Crippen LogP contribution in [-0.2, 0) is 13.6 Å². The average molecular weight is 339 g/mol. The topological polar surface area (TPSA) is 90.9 Å². The van der Waals surface area contributed by atoms with Gasteiger partial charge < -0.3 is 15.5 Å². The molecule has 0 bridgehead atoms. The largest absolute Gasteiger partial charge is 0.496 e. The molecule has 1 aromatic carbocycles. The Morgan fingerprint density at radius 2 is 2.20 bits per heavy atom. The lowest BCUT2D eigenvalue weighted by atomic mass is 10.1. The highest BCUT2D eigenvalue weighted by molar-refractivity contribution is 5.69. The maximum absolute atomic E-state index is 12.0.